The Kier molecular flexibility index (Phi) is 20.6. The lowest BCUT2D eigenvalue weighted by Crippen LogP contribution is -2.29. The Balaban J connectivity index is 4.31. The monoisotopic (exact) mass is 502 g/mol. The molecule has 0 amide bonds. The summed E-state index contributed by atoms with van der Waals surface area (Å²) in [5.74, 6) is -0.753. The maximum atomic E-state index is 12.1. The van der Waals surface area contributed by atoms with Crippen LogP contribution in [0.4, 0.5) is 0 Å². The Labute approximate surface area is 212 Å². The molecule has 35 heavy (non-hydrogen) atoms. The summed E-state index contributed by atoms with van der Waals surface area (Å²) in [6, 6.07) is 0. The van der Waals surface area contributed by atoms with E-state index in [0.29, 0.717) is 12.8 Å². The first-order chi connectivity index (χ1) is 16.7. The summed E-state index contributed by atoms with van der Waals surface area (Å²) in [5.41, 5.74) is 0. The molecule has 0 heterocycles. The average molecular weight is 503 g/mol. The normalized spacial score (nSPS) is 13.0. The summed E-state index contributed by atoms with van der Waals surface area (Å²) in [6.07, 6.45) is 11.6. The van der Waals surface area contributed by atoms with Gasteiger partial charge in [0.05, 0.1) is 19.6 Å². The highest BCUT2D eigenvalue weighted by molar-refractivity contribution is 5.71. The Morgan fingerprint density at radius 2 is 1.00 bits per heavy atom. The molecule has 0 bridgehead atoms. The van der Waals surface area contributed by atoms with Crippen LogP contribution in [0.15, 0.2) is 0 Å². The fourth-order valence-electron chi connectivity index (χ4n) is 4.02. The van der Waals surface area contributed by atoms with Gasteiger partial charge in [0.2, 0.25) is 0 Å². The van der Waals surface area contributed by atoms with Crippen molar-refractivity contribution >= 4 is 17.9 Å². The molecule has 0 radical (unpaired) electrons. The van der Waals surface area contributed by atoms with E-state index in [-0.39, 0.29) is 18.5 Å². The topological polar surface area (TPSA) is 119 Å². The summed E-state index contributed by atoms with van der Waals surface area (Å²) in [5, 5.41) is 18.1. The minimum atomic E-state index is -1.00. The third kappa shape index (κ3) is 21.3. The van der Waals surface area contributed by atoms with Crippen molar-refractivity contribution in [2.75, 3.05) is 13.2 Å². The van der Waals surface area contributed by atoms with E-state index in [9.17, 15) is 14.4 Å². The fourth-order valence-corrected chi connectivity index (χ4v) is 4.02. The van der Waals surface area contributed by atoms with Crippen LogP contribution in [-0.4, -0.2) is 59.6 Å². The average Bonchev–Trinajstić information content (AvgIpc) is 2.78. The molecular formula is C27H50O8. The first kappa shape index (κ1) is 33.3. The van der Waals surface area contributed by atoms with Crippen LogP contribution in [0.25, 0.3) is 0 Å². The molecule has 2 atom stereocenters. The van der Waals surface area contributed by atoms with Crippen LogP contribution >= 0.6 is 0 Å². The zero-order valence-electron chi connectivity index (χ0n) is 22.5. The van der Waals surface area contributed by atoms with Crippen molar-refractivity contribution in [3.8, 4) is 0 Å². The van der Waals surface area contributed by atoms with Crippen molar-refractivity contribution in [1.29, 1.82) is 0 Å². The lowest BCUT2D eigenvalue weighted by molar-refractivity contribution is -0.161. The third-order valence-electron chi connectivity index (χ3n) is 5.88. The quantitative estimate of drug-likeness (QED) is 0.122. The van der Waals surface area contributed by atoms with Crippen molar-refractivity contribution in [2.45, 2.75) is 136 Å². The molecule has 0 rings (SSSR count). The Morgan fingerprint density at radius 3 is 1.46 bits per heavy atom. The summed E-state index contributed by atoms with van der Waals surface area (Å²) in [6.45, 7) is 6.20. The van der Waals surface area contributed by atoms with Gasteiger partial charge >= 0.3 is 17.9 Å². The smallest absolute Gasteiger partial charge is 0.309 e. The zero-order chi connectivity index (χ0) is 26.5. The Hall–Kier alpha value is -1.67. The number of hydrogen-bond acceptors (Lipinski definition) is 8. The minimum absolute atomic E-state index is 0.194. The van der Waals surface area contributed by atoms with E-state index in [0.717, 1.165) is 31.6 Å². The van der Waals surface area contributed by atoms with Crippen molar-refractivity contribution in [3.63, 3.8) is 0 Å². The van der Waals surface area contributed by atoms with Crippen LogP contribution in [0.3, 0.4) is 0 Å². The molecule has 0 fully saturated rings. The van der Waals surface area contributed by atoms with Crippen LogP contribution in [0.2, 0.25) is 0 Å². The van der Waals surface area contributed by atoms with E-state index >= 15 is 0 Å². The Morgan fingerprint density at radius 1 is 0.571 bits per heavy atom. The molecule has 0 unspecified atom stereocenters. The predicted molar refractivity (Wildman–Crippen MR) is 135 cm³/mol. The summed E-state index contributed by atoms with van der Waals surface area (Å²) in [7, 11) is 0. The Bertz CT molecular complexity index is 559. The number of carbonyl (C=O) groups is 3. The first-order valence-electron chi connectivity index (χ1n) is 13.4. The van der Waals surface area contributed by atoms with Gasteiger partial charge in [-0.15, -0.1) is 0 Å². The lowest BCUT2D eigenvalue weighted by Gasteiger charge is -2.22. The van der Waals surface area contributed by atoms with Gasteiger partial charge in [0.25, 0.3) is 0 Å². The largest absolute Gasteiger partial charge is 0.463 e. The number of rotatable bonds is 22. The molecular weight excluding hydrogens is 452 g/mol. The van der Waals surface area contributed by atoms with E-state index in [2.05, 4.69) is 13.8 Å². The van der Waals surface area contributed by atoms with Gasteiger partial charge in [-0.1, -0.05) is 71.6 Å². The van der Waals surface area contributed by atoms with Gasteiger partial charge in [0, 0.05) is 13.8 Å². The van der Waals surface area contributed by atoms with Gasteiger partial charge in [-0.05, 0) is 31.6 Å². The second-order valence-electron chi connectivity index (χ2n) is 9.87. The van der Waals surface area contributed by atoms with E-state index in [1.54, 1.807) is 0 Å². The van der Waals surface area contributed by atoms with Crippen molar-refractivity contribution < 1.29 is 38.8 Å². The van der Waals surface area contributed by atoms with Crippen molar-refractivity contribution in [2.24, 2.45) is 5.92 Å². The SMILES string of the molecule is CC(=O)O[C@@H](CCCCCCCCCCCC(C)C)CC[C@H](CC(=O)OC(CO)CO)OC(C)=O. The minimum Gasteiger partial charge on any atom is -0.463 e. The molecule has 0 spiro atoms. The van der Waals surface area contributed by atoms with E-state index in [1.807, 2.05) is 0 Å². The molecule has 2 N–H and O–H groups in total. The van der Waals surface area contributed by atoms with Crippen LogP contribution in [0.5, 0.6) is 0 Å². The highest BCUT2D eigenvalue weighted by Crippen LogP contribution is 2.19. The molecule has 0 aliphatic carbocycles. The molecule has 0 aromatic heterocycles. The summed E-state index contributed by atoms with van der Waals surface area (Å²) >= 11 is 0. The number of carbonyl (C=O) groups excluding carboxylic acids is 3. The number of esters is 3. The highest BCUT2D eigenvalue weighted by atomic mass is 16.6. The van der Waals surface area contributed by atoms with Crippen molar-refractivity contribution in [3.05, 3.63) is 0 Å². The fraction of sp³-hybridized carbons (Fsp3) is 0.889. The molecule has 0 aromatic carbocycles. The lowest BCUT2D eigenvalue weighted by atomic mass is 10.0. The number of ether oxygens (including phenoxy) is 3. The molecule has 0 aliphatic rings. The van der Waals surface area contributed by atoms with Gasteiger partial charge in [-0.25, -0.2) is 0 Å². The van der Waals surface area contributed by atoms with E-state index in [4.69, 9.17) is 24.4 Å². The maximum absolute atomic E-state index is 12.1. The molecule has 8 nitrogen and oxygen atoms in total. The van der Waals surface area contributed by atoms with Crippen LogP contribution in [0, 0.1) is 5.92 Å². The third-order valence-corrected chi connectivity index (χ3v) is 5.88. The molecule has 0 saturated carbocycles. The molecule has 0 saturated heterocycles. The number of hydrogen-bond donors (Lipinski definition) is 2. The van der Waals surface area contributed by atoms with Gasteiger partial charge in [-0.2, -0.15) is 0 Å². The highest BCUT2D eigenvalue weighted by Gasteiger charge is 2.23. The summed E-state index contributed by atoms with van der Waals surface area (Å²) in [4.78, 5) is 35.0. The molecule has 206 valence electrons. The number of aliphatic hydroxyl groups excluding tert-OH is 2. The van der Waals surface area contributed by atoms with Crippen LogP contribution in [0.1, 0.15) is 118 Å². The predicted octanol–water partition coefficient (Wildman–Crippen LogP) is 4.86. The van der Waals surface area contributed by atoms with E-state index in [1.165, 1.54) is 58.8 Å². The van der Waals surface area contributed by atoms with Gasteiger partial charge < -0.3 is 24.4 Å². The number of unbranched alkanes of at least 4 members (excludes halogenated alkanes) is 8. The van der Waals surface area contributed by atoms with Gasteiger partial charge in [0.1, 0.15) is 18.3 Å². The molecule has 0 aromatic rings. The van der Waals surface area contributed by atoms with E-state index < -0.39 is 37.4 Å². The second-order valence-corrected chi connectivity index (χ2v) is 9.87. The first-order valence-corrected chi connectivity index (χ1v) is 13.4. The zero-order valence-corrected chi connectivity index (χ0v) is 22.5. The standard InChI is InChI=1S/C27H50O8/c1-21(2)14-12-10-8-6-5-7-9-11-13-15-24(33-22(3)30)16-17-25(34-23(4)31)18-27(32)35-26(19-28)20-29/h21,24-26,28-29H,5-20H2,1-4H3/t24-,25+/m0/s1. The number of aliphatic hydroxyl groups is 2. The summed E-state index contributed by atoms with van der Waals surface area (Å²) < 4.78 is 15.6. The molecule has 8 heteroatoms. The van der Waals surface area contributed by atoms with Gasteiger partial charge in [0.15, 0.2) is 0 Å². The van der Waals surface area contributed by atoms with Crippen LogP contribution < -0.4 is 0 Å². The van der Waals surface area contributed by atoms with Crippen LogP contribution in [-0.2, 0) is 28.6 Å². The van der Waals surface area contributed by atoms with Gasteiger partial charge in [-0.3, -0.25) is 14.4 Å². The second kappa shape index (κ2) is 21.6. The maximum Gasteiger partial charge on any atom is 0.309 e. The molecule has 0 aliphatic heterocycles. The van der Waals surface area contributed by atoms with Crippen molar-refractivity contribution in [1.82, 2.24) is 0 Å².